The number of anilines is 1. The number of carbonyl (C=O) groups is 1. The summed E-state index contributed by atoms with van der Waals surface area (Å²) in [5.74, 6) is -0.269. The molecule has 0 saturated carbocycles. The highest BCUT2D eigenvalue weighted by molar-refractivity contribution is 7.07. The highest BCUT2D eigenvalue weighted by Crippen LogP contribution is 2.17. The van der Waals surface area contributed by atoms with Gasteiger partial charge in [-0.2, -0.15) is 5.26 Å². The van der Waals surface area contributed by atoms with E-state index in [2.05, 4.69) is 22.3 Å². The number of carbonyl (C=O) groups excluding carboxylic acids is 1. The fourth-order valence-electron chi connectivity index (χ4n) is 3.97. The number of hydrogen-bond donors (Lipinski definition) is 2. The minimum atomic E-state index is -0.721. The van der Waals surface area contributed by atoms with Gasteiger partial charge in [0.1, 0.15) is 15.3 Å². The van der Waals surface area contributed by atoms with Crippen LogP contribution in [0.4, 0.5) is 5.69 Å². The van der Waals surface area contributed by atoms with Gasteiger partial charge in [0.15, 0.2) is 5.57 Å². The van der Waals surface area contributed by atoms with Gasteiger partial charge >= 0.3 is 5.97 Å². The van der Waals surface area contributed by atoms with Gasteiger partial charge in [0, 0.05) is 31.6 Å². The van der Waals surface area contributed by atoms with Gasteiger partial charge in [0.25, 0.3) is 5.56 Å². The second-order valence-corrected chi connectivity index (χ2v) is 9.26. The Morgan fingerprint density at radius 2 is 2.00 bits per heavy atom. The fraction of sp³-hybridized carbons (Fsp3) is 0.480. The summed E-state index contributed by atoms with van der Waals surface area (Å²) in [5.41, 5.74) is 1.67. The first-order valence-corrected chi connectivity index (χ1v) is 12.5. The zero-order valence-corrected chi connectivity index (χ0v) is 20.6. The summed E-state index contributed by atoms with van der Waals surface area (Å²) in [7, 11) is 0. The van der Waals surface area contributed by atoms with Crippen molar-refractivity contribution in [1.29, 1.82) is 5.26 Å². The van der Waals surface area contributed by atoms with Gasteiger partial charge in [0.2, 0.25) is 0 Å². The third-order valence-electron chi connectivity index (χ3n) is 6.04. The Morgan fingerprint density at radius 1 is 1.29 bits per heavy atom. The van der Waals surface area contributed by atoms with Crippen molar-refractivity contribution in [3.63, 3.8) is 0 Å². The van der Waals surface area contributed by atoms with Crippen molar-refractivity contribution >= 4 is 34.8 Å². The molecule has 9 heteroatoms. The van der Waals surface area contributed by atoms with Crippen molar-refractivity contribution in [2.24, 2.45) is 5.92 Å². The number of likely N-dealkylation sites (tertiary alicyclic amines) is 1. The first kappa shape index (κ1) is 25.7. The van der Waals surface area contributed by atoms with E-state index in [1.807, 2.05) is 18.2 Å². The van der Waals surface area contributed by atoms with Crippen LogP contribution in [0.3, 0.4) is 0 Å². The van der Waals surface area contributed by atoms with Crippen molar-refractivity contribution in [1.82, 2.24) is 9.47 Å². The molecule has 1 aromatic carbocycles. The van der Waals surface area contributed by atoms with Gasteiger partial charge in [-0.1, -0.05) is 12.1 Å². The van der Waals surface area contributed by atoms with E-state index in [1.54, 1.807) is 20.0 Å². The molecule has 1 aliphatic heterocycles. The number of benzene rings is 1. The van der Waals surface area contributed by atoms with Crippen molar-refractivity contribution in [2.75, 3.05) is 38.2 Å². The normalized spacial score (nSPS) is 16.2. The molecule has 0 spiro atoms. The van der Waals surface area contributed by atoms with Crippen molar-refractivity contribution in [3.05, 3.63) is 49.4 Å². The van der Waals surface area contributed by atoms with Crippen LogP contribution in [0.25, 0.3) is 11.8 Å². The van der Waals surface area contributed by atoms with Crippen molar-refractivity contribution in [3.8, 4) is 6.07 Å². The van der Waals surface area contributed by atoms with E-state index in [-0.39, 0.29) is 17.7 Å². The smallest absolute Gasteiger partial charge is 0.351 e. The molecule has 1 aromatic heterocycles. The second kappa shape index (κ2) is 12.5. The fourth-order valence-corrected chi connectivity index (χ4v) is 5.05. The molecule has 0 atom stereocenters. The van der Waals surface area contributed by atoms with Crippen LogP contribution < -0.4 is 20.1 Å². The van der Waals surface area contributed by atoms with Gasteiger partial charge in [-0.05, 0) is 69.8 Å². The second-order valence-electron chi connectivity index (χ2n) is 8.23. The predicted octanol–water partition coefficient (Wildman–Crippen LogP) is 1.26. The minimum absolute atomic E-state index is 0.157. The molecule has 1 fully saturated rings. The molecule has 34 heavy (non-hydrogen) atoms. The zero-order chi connectivity index (χ0) is 24.5. The third-order valence-corrected chi connectivity index (χ3v) is 7.17. The molecular formula is C25H32N4O4S. The maximum atomic E-state index is 12.8. The highest BCUT2D eigenvalue weighted by Gasteiger charge is 2.18. The number of esters is 1. The topological polar surface area (TPSA) is 108 Å². The van der Waals surface area contributed by atoms with Crippen LogP contribution in [0.1, 0.15) is 32.3 Å². The number of ether oxygens (including phenoxy) is 1. The van der Waals surface area contributed by atoms with Gasteiger partial charge in [-0.15, -0.1) is 11.3 Å². The third kappa shape index (κ3) is 6.35. The number of aromatic nitrogens is 1. The van der Waals surface area contributed by atoms with E-state index < -0.39 is 5.97 Å². The molecule has 1 saturated heterocycles. The molecule has 2 aromatic rings. The number of nitrogens with one attached hydrogen (secondary N) is 1. The Hall–Kier alpha value is -2.93. The van der Waals surface area contributed by atoms with Gasteiger partial charge in [-0.3, -0.25) is 9.36 Å². The molecule has 1 aliphatic rings. The molecule has 182 valence electrons. The first-order valence-electron chi connectivity index (χ1n) is 11.7. The molecule has 0 unspecified atom stereocenters. The summed E-state index contributed by atoms with van der Waals surface area (Å²) >= 11 is 1.10. The lowest BCUT2D eigenvalue weighted by molar-refractivity contribution is -0.136. The van der Waals surface area contributed by atoms with Crippen LogP contribution >= 0.6 is 11.3 Å². The summed E-state index contributed by atoms with van der Waals surface area (Å²) in [5, 5.41) is 21.9. The van der Waals surface area contributed by atoms with Crippen LogP contribution in [0, 0.1) is 17.2 Å². The maximum Gasteiger partial charge on any atom is 0.351 e. The van der Waals surface area contributed by atoms with E-state index in [1.165, 1.54) is 10.1 Å². The van der Waals surface area contributed by atoms with E-state index in [0.717, 1.165) is 55.9 Å². The molecular weight excluding hydrogens is 452 g/mol. The van der Waals surface area contributed by atoms with Crippen LogP contribution in [-0.2, 0) is 22.5 Å². The molecule has 2 N–H and O–H groups in total. The molecule has 3 rings (SSSR count). The molecule has 8 nitrogen and oxygen atoms in total. The van der Waals surface area contributed by atoms with E-state index in [4.69, 9.17) is 4.74 Å². The average Bonchev–Trinajstić information content (AvgIpc) is 3.17. The molecule has 0 amide bonds. The number of piperidine rings is 1. The number of nitriles is 1. The molecule has 0 radical (unpaired) electrons. The number of nitrogens with zero attached hydrogens (tertiary/aromatic N) is 3. The van der Waals surface area contributed by atoms with Crippen LogP contribution in [-0.4, -0.2) is 53.4 Å². The summed E-state index contributed by atoms with van der Waals surface area (Å²) in [6.07, 6.45) is 4.70. The Labute approximate surface area is 203 Å². The Kier molecular flexibility index (Phi) is 9.45. The lowest BCUT2D eigenvalue weighted by atomic mass is 9.97. The Balaban J connectivity index is 1.70. The van der Waals surface area contributed by atoms with Crippen molar-refractivity contribution in [2.45, 2.75) is 39.7 Å². The minimum Gasteiger partial charge on any atom is -0.462 e. The number of thiazole rings is 1. The van der Waals surface area contributed by atoms with Crippen molar-refractivity contribution < 1.29 is 14.6 Å². The number of aliphatic hydroxyl groups is 1. The summed E-state index contributed by atoms with van der Waals surface area (Å²) in [4.78, 5) is 27.4. The van der Waals surface area contributed by atoms with Gasteiger partial charge in [-0.25, -0.2) is 4.79 Å². The SMILES string of the molecule is CCOC(=O)C(C#N)=c1sc(=CNc2ccc(CCN3CCC(CO)CC3)cc2)c(=O)n1CC. The predicted molar refractivity (Wildman–Crippen MR) is 134 cm³/mol. The number of hydrogen-bond acceptors (Lipinski definition) is 8. The molecule has 0 bridgehead atoms. The van der Waals surface area contributed by atoms with Crippen LogP contribution in [0.5, 0.6) is 0 Å². The lowest BCUT2D eigenvalue weighted by Crippen LogP contribution is -2.36. The standard InChI is InChI=1S/C25H32N4O4S/c1-3-29-23(31)22(34-24(29)21(15-26)25(32)33-4-2)16-27-20-7-5-18(6-8-20)9-12-28-13-10-19(17-30)11-14-28/h5-8,16,19,27,30H,3-4,9-14,17H2,1-2H3. The maximum absolute atomic E-state index is 12.8. The Bertz CT molecular complexity index is 1190. The summed E-state index contributed by atoms with van der Waals surface area (Å²) in [6, 6.07) is 9.98. The van der Waals surface area contributed by atoms with Gasteiger partial charge < -0.3 is 20.1 Å². The zero-order valence-electron chi connectivity index (χ0n) is 19.7. The quantitative estimate of drug-likeness (QED) is 0.516. The monoisotopic (exact) mass is 484 g/mol. The number of aliphatic hydroxyl groups excluding tert-OH is 1. The summed E-state index contributed by atoms with van der Waals surface area (Å²) in [6.45, 7) is 7.34. The van der Waals surface area contributed by atoms with Crippen LogP contribution in [0.2, 0.25) is 0 Å². The molecule has 0 aliphatic carbocycles. The highest BCUT2D eigenvalue weighted by atomic mass is 32.1. The van der Waals surface area contributed by atoms with E-state index in [9.17, 15) is 20.0 Å². The first-order chi connectivity index (χ1) is 16.5. The lowest BCUT2D eigenvalue weighted by Gasteiger charge is -2.31. The summed E-state index contributed by atoms with van der Waals surface area (Å²) < 4.78 is 7.09. The largest absolute Gasteiger partial charge is 0.462 e. The van der Waals surface area contributed by atoms with E-state index in [0.29, 0.717) is 28.3 Å². The average molecular weight is 485 g/mol. The molecule has 2 heterocycles. The van der Waals surface area contributed by atoms with E-state index >= 15 is 0 Å². The number of rotatable bonds is 9. The van der Waals surface area contributed by atoms with Gasteiger partial charge in [0.05, 0.1) is 6.61 Å². The van der Waals surface area contributed by atoms with Crippen LogP contribution in [0.15, 0.2) is 29.1 Å². The Morgan fingerprint density at radius 3 is 2.59 bits per heavy atom.